The first kappa shape index (κ1) is 13.2. The molecule has 0 aliphatic heterocycles. The van der Waals surface area contributed by atoms with Gasteiger partial charge >= 0.3 is 5.97 Å². The average molecular weight is 240 g/mol. The van der Waals surface area contributed by atoms with Crippen molar-refractivity contribution < 1.29 is 9.53 Å². The summed E-state index contributed by atoms with van der Waals surface area (Å²) in [5.74, 6) is -0.228. The van der Waals surface area contributed by atoms with Gasteiger partial charge in [0.05, 0.1) is 7.11 Å². The third-order valence-corrected chi connectivity index (χ3v) is 4.11. The predicted octanol–water partition coefficient (Wildman–Crippen LogP) is 3.82. The first-order chi connectivity index (χ1) is 7.39. The van der Waals surface area contributed by atoms with Gasteiger partial charge in [-0.2, -0.15) is 0 Å². The van der Waals surface area contributed by atoms with E-state index in [1.54, 1.807) is 0 Å². The lowest BCUT2D eigenvalue weighted by molar-refractivity contribution is 0.0606. The lowest BCUT2D eigenvalue weighted by atomic mass is 9.83. The van der Waals surface area contributed by atoms with Crippen LogP contribution in [0.15, 0.2) is 6.07 Å². The first-order valence-corrected chi connectivity index (χ1v) is 6.39. The molecular weight excluding hydrogens is 220 g/mol. The maximum atomic E-state index is 11.4. The van der Waals surface area contributed by atoms with Gasteiger partial charge in [0.2, 0.25) is 0 Å². The van der Waals surface area contributed by atoms with E-state index in [-0.39, 0.29) is 5.97 Å². The second-order valence-corrected chi connectivity index (χ2v) is 6.13. The van der Waals surface area contributed by atoms with Gasteiger partial charge in [-0.3, -0.25) is 0 Å². The number of esters is 1. The van der Waals surface area contributed by atoms with Gasteiger partial charge in [0.1, 0.15) is 4.88 Å². The molecule has 1 aromatic rings. The Morgan fingerprint density at radius 3 is 2.62 bits per heavy atom. The molecule has 0 aliphatic carbocycles. The van der Waals surface area contributed by atoms with E-state index >= 15 is 0 Å². The molecule has 16 heavy (non-hydrogen) atoms. The number of aryl methyl sites for hydroxylation is 1. The molecule has 0 saturated carbocycles. The Hall–Kier alpha value is -0.830. The maximum Gasteiger partial charge on any atom is 0.348 e. The van der Waals surface area contributed by atoms with Crippen molar-refractivity contribution in [3.8, 4) is 0 Å². The molecular formula is C13H20O2S. The zero-order valence-electron chi connectivity index (χ0n) is 10.7. The zero-order chi connectivity index (χ0) is 12.3. The highest BCUT2D eigenvalue weighted by molar-refractivity contribution is 7.14. The van der Waals surface area contributed by atoms with E-state index in [1.165, 1.54) is 28.9 Å². The summed E-state index contributed by atoms with van der Waals surface area (Å²) in [6.45, 7) is 8.77. The summed E-state index contributed by atoms with van der Waals surface area (Å²) in [5, 5.41) is 0. The van der Waals surface area contributed by atoms with Gasteiger partial charge in [-0.1, -0.05) is 27.2 Å². The molecule has 2 nitrogen and oxygen atoms in total. The average Bonchev–Trinajstić information content (AvgIpc) is 2.58. The molecule has 0 bridgehead atoms. The van der Waals surface area contributed by atoms with E-state index in [4.69, 9.17) is 4.74 Å². The molecule has 0 saturated heterocycles. The van der Waals surface area contributed by atoms with Gasteiger partial charge in [0, 0.05) is 4.88 Å². The van der Waals surface area contributed by atoms with Crippen LogP contribution in [0.1, 0.15) is 47.3 Å². The van der Waals surface area contributed by atoms with Crippen molar-refractivity contribution in [3.63, 3.8) is 0 Å². The Kier molecular flexibility index (Phi) is 4.14. The normalized spacial score (nSPS) is 11.6. The Balaban J connectivity index is 2.90. The van der Waals surface area contributed by atoms with Crippen molar-refractivity contribution in [1.29, 1.82) is 0 Å². The highest BCUT2D eigenvalue weighted by Gasteiger charge is 2.20. The van der Waals surface area contributed by atoms with Crippen molar-refractivity contribution >= 4 is 17.3 Å². The monoisotopic (exact) mass is 240 g/mol. The molecule has 0 unspecified atom stereocenters. The van der Waals surface area contributed by atoms with E-state index in [2.05, 4.69) is 27.7 Å². The fourth-order valence-electron chi connectivity index (χ4n) is 1.54. The van der Waals surface area contributed by atoms with Crippen LogP contribution in [-0.2, 0) is 11.2 Å². The van der Waals surface area contributed by atoms with Crippen LogP contribution in [0.3, 0.4) is 0 Å². The van der Waals surface area contributed by atoms with Crippen molar-refractivity contribution in [3.05, 3.63) is 21.4 Å². The Bertz CT molecular complexity index is 377. The largest absolute Gasteiger partial charge is 0.465 e. The molecule has 0 aliphatic rings. The second-order valence-electron chi connectivity index (χ2n) is 4.88. The van der Waals surface area contributed by atoms with Crippen LogP contribution in [-0.4, -0.2) is 13.1 Å². The molecule has 0 amide bonds. The summed E-state index contributed by atoms with van der Waals surface area (Å²) in [6, 6.07) is 1.98. The number of thiophene rings is 1. The molecule has 0 N–H and O–H groups in total. The summed E-state index contributed by atoms with van der Waals surface area (Å²) >= 11 is 1.52. The second kappa shape index (κ2) is 5.00. The SMILES string of the molecule is CCC(C)(C)Cc1cc(C(=O)OC)sc1C. The van der Waals surface area contributed by atoms with Gasteiger partial charge in [-0.25, -0.2) is 4.79 Å². The van der Waals surface area contributed by atoms with Crippen LogP contribution in [0.5, 0.6) is 0 Å². The van der Waals surface area contributed by atoms with Crippen LogP contribution in [0, 0.1) is 12.3 Å². The molecule has 0 atom stereocenters. The van der Waals surface area contributed by atoms with E-state index in [0.29, 0.717) is 10.3 Å². The van der Waals surface area contributed by atoms with Gasteiger partial charge in [-0.15, -0.1) is 11.3 Å². The van der Waals surface area contributed by atoms with Crippen LogP contribution in [0.4, 0.5) is 0 Å². The number of methoxy groups -OCH3 is 1. The molecule has 0 radical (unpaired) electrons. The van der Waals surface area contributed by atoms with Crippen molar-refractivity contribution in [2.75, 3.05) is 7.11 Å². The molecule has 3 heteroatoms. The quantitative estimate of drug-likeness (QED) is 0.748. The Labute approximate surface area is 102 Å². The summed E-state index contributed by atoms with van der Waals surface area (Å²) in [7, 11) is 1.42. The molecule has 1 rings (SSSR count). The number of hydrogen-bond donors (Lipinski definition) is 0. The molecule has 1 aromatic heterocycles. The molecule has 0 spiro atoms. The van der Waals surface area contributed by atoms with Gasteiger partial charge < -0.3 is 4.74 Å². The third-order valence-electron chi connectivity index (χ3n) is 3.03. The number of ether oxygens (including phenoxy) is 1. The number of carbonyl (C=O) groups is 1. The summed E-state index contributed by atoms with van der Waals surface area (Å²) in [5.41, 5.74) is 1.57. The lowest BCUT2D eigenvalue weighted by Gasteiger charge is -2.22. The number of hydrogen-bond acceptors (Lipinski definition) is 3. The fourth-order valence-corrected chi connectivity index (χ4v) is 2.50. The highest BCUT2D eigenvalue weighted by Crippen LogP contribution is 2.31. The molecule has 0 aromatic carbocycles. The van der Waals surface area contributed by atoms with E-state index in [9.17, 15) is 4.79 Å². The summed E-state index contributed by atoms with van der Waals surface area (Å²) < 4.78 is 4.73. The van der Waals surface area contributed by atoms with Crippen molar-refractivity contribution in [1.82, 2.24) is 0 Å². The van der Waals surface area contributed by atoms with E-state index in [0.717, 1.165) is 12.8 Å². The van der Waals surface area contributed by atoms with Crippen molar-refractivity contribution in [2.45, 2.75) is 40.5 Å². The van der Waals surface area contributed by atoms with Crippen LogP contribution in [0.2, 0.25) is 0 Å². The number of carbonyl (C=O) groups excluding carboxylic acids is 1. The fraction of sp³-hybridized carbons (Fsp3) is 0.615. The van der Waals surface area contributed by atoms with E-state index < -0.39 is 0 Å². The maximum absolute atomic E-state index is 11.4. The minimum Gasteiger partial charge on any atom is -0.465 e. The predicted molar refractivity (Wildman–Crippen MR) is 68.2 cm³/mol. The summed E-state index contributed by atoms with van der Waals surface area (Å²) in [4.78, 5) is 13.3. The molecule has 0 fully saturated rings. The zero-order valence-corrected chi connectivity index (χ0v) is 11.5. The minimum atomic E-state index is -0.228. The third kappa shape index (κ3) is 3.08. The first-order valence-electron chi connectivity index (χ1n) is 5.57. The van der Waals surface area contributed by atoms with Gasteiger partial charge in [0.25, 0.3) is 0 Å². The van der Waals surface area contributed by atoms with Crippen LogP contribution in [0.25, 0.3) is 0 Å². The minimum absolute atomic E-state index is 0.228. The van der Waals surface area contributed by atoms with Crippen molar-refractivity contribution in [2.24, 2.45) is 5.41 Å². The van der Waals surface area contributed by atoms with E-state index in [1.807, 2.05) is 6.07 Å². The number of rotatable bonds is 4. The lowest BCUT2D eigenvalue weighted by Crippen LogP contribution is -2.13. The Morgan fingerprint density at radius 2 is 2.12 bits per heavy atom. The van der Waals surface area contributed by atoms with Crippen LogP contribution >= 0.6 is 11.3 Å². The molecule has 1 heterocycles. The summed E-state index contributed by atoms with van der Waals surface area (Å²) in [6.07, 6.45) is 2.15. The van der Waals surface area contributed by atoms with Gasteiger partial charge in [-0.05, 0) is 30.4 Å². The van der Waals surface area contributed by atoms with Crippen LogP contribution < -0.4 is 0 Å². The Morgan fingerprint density at radius 1 is 1.50 bits per heavy atom. The molecule has 90 valence electrons. The standard InChI is InChI=1S/C13H20O2S/c1-6-13(3,4)8-10-7-11(12(14)15-5)16-9(10)2/h7H,6,8H2,1-5H3. The smallest absolute Gasteiger partial charge is 0.348 e. The highest BCUT2D eigenvalue weighted by atomic mass is 32.1. The topological polar surface area (TPSA) is 26.3 Å². The van der Waals surface area contributed by atoms with Gasteiger partial charge in [0.15, 0.2) is 0 Å².